The van der Waals surface area contributed by atoms with Gasteiger partial charge in [0.15, 0.2) is 6.79 Å². The van der Waals surface area contributed by atoms with E-state index in [4.69, 9.17) is 9.47 Å². The number of hydrogen-bond donors (Lipinski definition) is 1. The molecular formula is C11H17NO2. The fourth-order valence-electron chi connectivity index (χ4n) is 1.10. The summed E-state index contributed by atoms with van der Waals surface area (Å²) in [7, 11) is 1.61. The molecule has 0 amide bonds. The second kappa shape index (κ2) is 6.40. The van der Waals surface area contributed by atoms with Gasteiger partial charge in [-0.3, -0.25) is 0 Å². The fraction of sp³-hybridized carbons (Fsp3) is 0.455. The van der Waals surface area contributed by atoms with Gasteiger partial charge in [0, 0.05) is 13.7 Å². The first-order valence-corrected chi connectivity index (χ1v) is 4.78. The van der Waals surface area contributed by atoms with Crippen LogP contribution in [0.4, 0.5) is 0 Å². The van der Waals surface area contributed by atoms with E-state index in [0.29, 0.717) is 6.79 Å². The number of hydrogen-bond acceptors (Lipinski definition) is 3. The first kappa shape index (κ1) is 11.0. The Kier molecular flexibility index (Phi) is 5.04. The molecule has 1 aromatic rings. The number of ether oxygens (including phenoxy) is 2. The highest BCUT2D eigenvalue weighted by Gasteiger charge is 1.94. The third kappa shape index (κ3) is 3.77. The second-order valence-corrected chi connectivity index (χ2v) is 2.98. The Hall–Kier alpha value is -1.06. The Balaban J connectivity index is 2.42. The quantitative estimate of drug-likeness (QED) is 0.702. The number of nitrogens with one attached hydrogen (secondary N) is 1. The minimum absolute atomic E-state index is 0.298. The molecule has 0 saturated carbocycles. The average Bonchev–Trinajstić information content (AvgIpc) is 2.25. The number of benzene rings is 1. The normalized spacial score (nSPS) is 10.1. The molecule has 1 rings (SSSR count). The lowest BCUT2D eigenvalue weighted by molar-refractivity contribution is 0.0511. The van der Waals surface area contributed by atoms with E-state index in [-0.39, 0.29) is 0 Å². The third-order valence-electron chi connectivity index (χ3n) is 1.85. The zero-order valence-electron chi connectivity index (χ0n) is 8.75. The van der Waals surface area contributed by atoms with Gasteiger partial charge in [-0.1, -0.05) is 19.1 Å². The SMILES string of the molecule is CCNCc1ccc(OCOC)cc1. The summed E-state index contributed by atoms with van der Waals surface area (Å²) in [5.74, 6) is 0.840. The summed E-state index contributed by atoms with van der Waals surface area (Å²) >= 11 is 0. The Labute approximate surface area is 85.0 Å². The van der Waals surface area contributed by atoms with Crippen LogP contribution in [0.1, 0.15) is 12.5 Å². The largest absolute Gasteiger partial charge is 0.468 e. The van der Waals surface area contributed by atoms with E-state index in [0.717, 1.165) is 18.8 Å². The second-order valence-electron chi connectivity index (χ2n) is 2.98. The monoisotopic (exact) mass is 195 g/mol. The molecule has 0 aliphatic rings. The van der Waals surface area contributed by atoms with Gasteiger partial charge in [0.2, 0.25) is 0 Å². The summed E-state index contributed by atoms with van der Waals surface area (Å²) in [6.45, 7) is 4.28. The predicted molar refractivity (Wildman–Crippen MR) is 56.3 cm³/mol. The molecule has 0 saturated heterocycles. The molecule has 0 aromatic heterocycles. The van der Waals surface area contributed by atoms with Crippen molar-refractivity contribution in [1.29, 1.82) is 0 Å². The summed E-state index contributed by atoms with van der Waals surface area (Å²) in [6.07, 6.45) is 0. The summed E-state index contributed by atoms with van der Waals surface area (Å²) in [5.41, 5.74) is 1.26. The standard InChI is InChI=1S/C11H17NO2/c1-3-12-8-10-4-6-11(7-5-10)14-9-13-2/h4-7,12H,3,8-9H2,1-2H3. The van der Waals surface area contributed by atoms with Gasteiger partial charge in [-0.05, 0) is 24.2 Å². The van der Waals surface area contributed by atoms with Crippen molar-refractivity contribution in [3.05, 3.63) is 29.8 Å². The maximum Gasteiger partial charge on any atom is 0.188 e. The third-order valence-corrected chi connectivity index (χ3v) is 1.85. The summed E-state index contributed by atoms with van der Waals surface area (Å²) in [4.78, 5) is 0. The van der Waals surface area contributed by atoms with Gasteiger partial charge in [-0.15, -0.1) is 0 Å². The predicted octanol–water partition coefficient (Wildman–Crippen LogP) is 1.78. The molecule has 78 valence electrons. The van der Waals surface area contributed by atoms with Crippen LogP contribution < -0.4 is 10.1 Å². The zero-order valence-corrected chi connectivity index (χ0v) is 8.75. The smallest absolute Gasteiger partial charge is 0.188 e. The molecular weight excluding hydrogens is 178 g/mol. The van der Waals surface area contributed by atoms with Crippen molar-refractivity contribution in [2.75, 3.05) is 20.4 Å². The molecule has 0 radical (unpaired) electrons. The first-order chi connectivity index (χ1) is 6.86. The number of methoxy groups -OCH3 is 1. The summed E-state index contributed by atoms with van der Waals surface area (Å²) in [5, 5.41) is 3.26. The van der Waals surface area contributed by atoms with Crippen molar-refractivity contribution in [3.63, 3.8) is 0 Å². The lowest BCUT2D eigenvalue weighted by Gasteiger charge is -2.06. The van der Waals surface area contributed by atoms with E-state index in [9.17, 15) is 0 Å². The van der Waals surface area contributed by atoms with Crippen LogP contribution in [0.3, 0.4) is 0 Å². The van der Waals surface area contributed by atoms with Crippen molar-refractivity contribution in [3.8, 4) is 5.75 Å². The fourth-order valence-corrected chi connectivity index (χ4v) is 1.10. The van der Waals surface area contributed by atoms with Crippen molar-refractivity contribution in [1.82, 2.24) is 5.32 Å². The van der Waals surface area contributed by atoms with E-state index in [1.807, 2.05) is 24.3 Å². The number of rotatable bonds is 6. The minimum Gasteiger partial charge on any atom is -0.468 e. The van der Waals surface area contributed by atoms with E-state index < -0.39 is 0 Å². The highest BCUT2D eigenvalue weighted by atomic mass is 16.7. The molecule has 14 heavy (non-hydrogen) atoms. The Bertz CT molecular complexity index is 219. The van der Waals surface area contributed by atoms with E-state index in [1.165, 1.54) is 5.56 Å². The molecule has 0 unspecified atom stereocenters. The van der Waals surface area contributed by atoms with Gasteiger partial charge in [-0.25, -0.2) is 0 Å². The topological polar surface area (TPSA) is 30.5 Å². The molecule has 0 bridgehead atoms. The minimum atomic E-state index is 0.298. The summed E-state index contributed by atoms with van der Waals surface area (Å²) in [6, 6.07) is 8.00. The highest BCUT2D eigenvalue weighted by molar-refractivity contribution is 5.27. The average molecular weight is 195 g/mol. The molecule has 0 fully saturated rings. The molecule has 0 spiro atoms. The Morgan fingerprint density at radius 1 is 1.21 bits per heavy atom. The van der Waals surface area contributed by atoms with E-state index in [2.05, 4.69) is 12.2 Å². The van der Waals surface area contributed by atoms with Crippen molar-refractivity contribution < 1.29 is 9.47 Å². The molecule has 0 aliphatic heterocycles. The molecule has 3 nitrogen and oxygen atoms in total. The van der Waals surface area contributed by atoms with Gasteiger partial charge in [0.1, 0.15) is 5.75 Å². The van der Waals surface area contributed by atoms with Crippen molar-refractivity contribution in [2.45, 2.75) is 13.5 Å². The lowest BCUT2D eigenvalue weighted by Crippen LogP contribution is -2.11. The maximum atomic E-state index is 5.27. The van der Waals surface area contributed by atoms with Crippen LogP contribution in [-0.4, -0.2) is 20.4 Å². The van der Waals surface area contributed by atoms with Gasteiger partial charge in [0.05, 0.1) is 0 Å². The molecule has 0 atom stereocenters. The van der Waals surface area contributed by atoms with Crippen molar-refractivity contribution >= 4 is 0 Å². The Morgan fingerprint density at radius 3 is 2.50 bits per heavy atom. The van der Waals surface area contributed by atoms with Crippen LogP contribution in [0.15, 0.2) is 24.3 Å². The van der Waals surface area contributed by atoms with Crippen LogP contribution in [0.2, 0.25) is 0 Å². The molecule has 3 heteroatoms. The molecule has 0 heterocycles. The van der Waals surface area contributed by atoms with Crippen LogP contribution in [-0.2, 0) is 11.3 Å². The Morgan fingerprint density at radius 2 is 1.93 bits per heavy atom. The van der Waals surface area contributed by atoms with E-state index in [1.54, 1.807) is 7.11 Å². The van der Waals surface area contributed by atoms with Gasteiger partial charge in [0.25, 0.3) is 0 Å². The maximum absolute atomic E-state index is 5.27. The first-order valence-electron chi connectivity index (χ1n) is 4.78. The highest BCUT2D eigenvalue weighted by Crippen LogP contribution is 2.11. The summed E-state index contributed by atoms with van der Waals surface area (Å²) < 4.78 is 10.1. The molecule has 1 N–H and O–H groups in total. The van der Waals surface area contributed by atoms with Gasteiger partial charge in [-0.2, -0.15) is 0 Å². The van der Waals surface area contributed by atoms with Crippen molar-refractivity contribution in [2.24, 2.45) is 0 Å². The van der Waals surface area contributed by atoms with Crippen LogP contribution in [0.5, 0.6) is 5.75 Å². The zero-order chi connectivity index (χ0) is 10.2. The van der Waals surface area contributed by atoms with Crippen LogP contribution in [0, 0.1) is 0 Å². The molecule has 0 aliphatic carbocycles. The van der Waals surface area contributed by atoms with Gasteiger partial charge < -0.3 is 14.8 Å². The van der Waals surface area contributed by atoms with Crippen LogP contribution >= 0.6 is 0 Å². The molecule has 1 aromatic carbocycles. The van der Waals surface area contributed by atoms with Gasteiger partial charge >= 0.3 is 0 Å². The van der Waals surface area contributed by atoms with Crippen LogP contribution in [0.25, 0.3) is 0 Å². The van der Waals surface area contributed by atoms with E-state index >= 15 is 0 Å². The lowest BCUT2D eigenvalue weighted by atomic mass is 10.2.